The van der Waals surface area contributed by atoms with E-state index < -0.39 is 0 Å². The Morgan fingerprint density at radius 2 is 2.05 bits per heavy atom. The quantitative estimate of drug-likeness (QED) is 0.436. The number of aliphatic hydroxyl groups is 1. The summed E-state index contributed by atoms with van der Waals surface area (Å²) in [5, 5.41) is 12.4. The molecule has 1 atom stereocenters. The number of nitrogens with one attached hydrogen (secondary N) is 1. The zero-order valence-electron chi connectivity index (χ0n) is 12.5. The van der Waals surface area contributed by atoms with Crippen LogP contribution in [0.15, 0.2) is 47.3 Å². The van der Waals surface area contributed by atoms with E-state index in [0.717, 1.165) is 23.4 Å². The van der Waals surface area contributed by atoms with Crippen LogP contribution in [0.25, 0.3) is 0 Å². The van der Waals surface area contributed by atoms with Gasteiger partial charge in [-0.05, 0) is 19.4 Å². The second kappa shape index (κ2) is 9.15. The van der Waals surface area contributed by atoms with Gasteiger partial charge in [-0.2, -0.15) is 0 Å². The van der Waals surface area contributed by atoms with Gasteiger partial charge in [-0.3, -0.25) is 4.99 Å². The SMILES string of the molecule is CN/C(C)=C\OCCC(C)=N[C@@H](CO)c1ccccc1. The molecule has 0 amide bonds. The first-order valence-electron chi connectivity index (χ1n) is 6.82. The van der Waals surface area contributed by atoms with Crippen molar-refractivity contribution in [1.82, 2.24) is 5.32 Å². The standard InChI is InChI=1S/C16H24N2O2/c1-13(9-10-20-12-14(2)17-3)18-16(11-19)15-7-5-4-6-8-15/h4-8,12,16-17,19H,9-11H2,1-3H3/b14-12-,18-13?/t16-/m0/s1. The number of ether oxygens (including phenoxy) is 1. The molecule has 0 aliphatic rings. The van der Waals surface area contributed by atoms with Crippen LogP contribution in [0.5, 0.6) is 0 Å². The molecule has 0 aliphatic carbocycles. The third-order valence-corrected chi connectivity index (χ3v) is 2.97. The fourth-order valence-corrected chi connectivity index (χ4v) is 1.68. The smallest absolute Gasteiger partial charge is 0.101 e. The molecular weight excluding hydrogens is 252 g/mol. The Labute approximate surface area is 121 Å². The van der Waals surface area contributed by atoms with E-state index in [0.29, 0.717) is 6.61 Å². The maximum absolute atomic E-state index is 9.45. The van der Waals surface area contributed by atoms with Gasteiger partial charge in [-0.25, -0.2) is 0 Å². The molecule has 4 heteroatoms. The number of hydrogen-bond acceptors (Lipinski definition) is 4. The molecule has 0 aromatic heterocycles. The summed E-state index contributed by atoms with van der Waals surface area (Å²) in [6.45, 7) is 4.50. The molecule has 0 spiro atoms. The zero-order valence-corrected chi connectivity index (χ0v) is 12.5. The fraction of sp³-hybridized carbons (Fsp3) is 0.438. The Morgan fingerprint density at radius 1 is 1.35 bits per heavy atom. The van der Waals surface area contributed by atoms with Gasteiger partial charge in [0.05, 0.1) is 19.3 Å². The largest absolute Gasteiger partial charge is 0.499 e. The molecule has 0 heterocycles. The maximum Gasteiger partial charge on any atom is 0.101 e. The molecule has 1 aromatic carbocycles. The summed E-state index contributed by atoms with van der Waals surface area (Å²) in [6, 6.07) is 9.64. The number of benzene rings is 1. The summed E-state index contributed by atoms with van der Waals surface area (Å²) >= 11 is 0. The van der Waals surface area contributed by atoms with Crippen LogP contribution in [0.4, 0.5) is 0 Å². The fourth-order valence-electron chi connectivity index (χ4n) is 1.68. The minimum absolute atomic E-state index is 0.0149. The lowest BCUT2D eigenvalue weighted by Crippen LogP contribution is -2.07. The zero-order chi connectivity index (χ0) is 14.8. The number of allylic oxidation sites excluding steroid dienone is 1. The van der Waals surface area contributed by atoms with Crippen LogP contribution in [0.1, 0.15) is 31.9 Å². The van der Waals surface area contributed by atoms with Gasteiger partial charge < -0.3 is 15.2 Å². The molecule has 2 N–H and O–H groups in total. The Morgan fingerprint density at radius 3 is 2.65 bits per heavy atom. The van der Waals surface area contributed by atoms with E-state index in [1.165, 1.54) is 0 Å². The van der Waals surface area contributed by atoms with E-state index in [1.807, 2.05) is 51.2 Å². The van der Waals surface area contributed by atoms with Crippen molar-refractivity contribution in [3.63, 3.8) is 0 Å². The molecule has 1 rings (SSSR count). The number of nitrogens with zero attached hydrogens (tertiary/aromatic N) is 1. The Balaban J connectivity index is 2.50. The minimum Gasteiger partial charge on any atom is -0.499 e. The Hall–Kier alpha value is -1.81. The summed E-state index contributed by atoms with van der Waals surface area (Å²) < 4.78 is 5.41. The summed E-state index contributed by atoms with van der Waals surface area (Å²) in [5.74, 6) is 0. The van der Waals surface area contributed by atoms with Gasteiger partial charge in [0, 0.05) is 24.9 Å². The van der Waals surface area contributed by atoms with Gasteiger partial charge in [0.2, 0.25) is 0 Å². The first-order valence-corrected chi connectivity index (χ1v) is 6.82. The van der Waals surface area contributed by atoms with Gasteiger partial charge in [-0.1, -0.05) is 30.3 Å². The van der Waals surface area contributed by atoms with Crippen LogP contribution in [0.2, 0.25) is 0 Å². The summed E-state index contributed by atoms with van der Waals surface area (Å²) in [6.07, 6.45) is 2.45. The van der Waals surface area contributed by atoms with Gasteiger partial charge in [-0.15, -0.1) is 0 Å². The van der Waals surface area contributed by atoms with Gasteiger partial charge in [0.1, 0.15) is 6.26 Å². The maximum atomic E-state index is 9.45. The lowest BCUT2D eigenvalue weighted by molar-refractivity contribution is 0.253. The second-order valence-electron chi connectivity index (χ2n) is 4.65. The number of aliphatic imine (C=N–C) groups is 1. The van der Waals surface area contributed by atoms with Crippen molar-refractivity contribution < 1.29 is 9.84 Å². The second-order valence-corrected chi connectivity index (χ2v) is 4.65. The molecule has 0 fully saturated rings. The molecule has 0 saturated carbocycles. The van der Waals surface area contributed by atoms with Gasteiger partial charge in [0.25, 0.3) is 0 Å². The summed E-state index contributed by atoms with van der Waals surface area (Å²) in [5.41, 5.74) is 2.99. The highest BCUT2D eigenvalue weighted by Gasteiger charge is 2.08. The van der Waals surface area contributed by atoms with Crippen molar-refractivity contribution in [1.29, 1.82) is 0 Å². The average molecular weight is 276 g/mol. The van der Waals surface area contributed by atoms with Crippen molar-refractivity contribution in [3.8, 4) is 0 Å². The predicted octanol–water partition coefficient (Wildman–Crippen LogP) is 2.67. The first-order chi connectivity index (χ1) is 9.67. The number of hydrogen-bond donors (Lipinski definition) is 2. The third-order valence-electron chi connectivity index (χ3n) is 2.97. The van der Waals surface area contributed by atoms with Crippen LogP contribution < -0.4 is 5.32 Å². The van der Waals surface area contributed by atoms with E-state index in [2.05, 4.69) is 10.3 Å². The predicted molar refractivity (Wildman–Crippen MR) is 82.8 cm³/mol. The Kier molecular flexibility index (Phi) is 7.43. The van der Waals surface area contributed by atoms with E-state index in [9.17, 15) is 5.11 Å². The molecule has 0 unspecified atom stereocenters. The van der Waals surface area contributed by atoms with Crippen LogP contribution in [-0.4, -0.2) is 31.1 Å². The molecular formula is C16H24N2O2. The van der Waals surface area contributed by atoms with Crippen LogP contribution in [0.3, 0.4) is 0 Å². The molecule has 4 nitrogen and oxygen atoms in total. The van der Waals surface area contributed by atoms with Crippen molar-refractivity contribution >= 4 is 5.71 Å². The Bertz CT molecular complexity index is 441. The normalized spacial score (nSPS) is 14.0. The third kappa shape index (κ3) is 5.89. The lowest BCUT2D eigenvalue weighted by Gasteiger charge is -2.11. The highest BCUT2D eigenvalue weighted by molar-refractivity contribution is 5.82. The number of rotatable bonds is 8. The van der Waals surface area contributed by atoms with Crippen LogP contribution >= 0.6 is 0 Å². The van der Waals surface area contributed by atoms with Crippen molar-refractivity contribution in [2.24, 2.45) is 4.99 Å². The minimum atomic E-state index is -0.189. The van der Waals surface area contributed by atoms with E-state index in [4.69, 9.17) is 4.74 Å². The molecule has 110 valence electrons. The molecule has 0 radical (unpaired) electrons. The molecule has 20 heavy (non-hydrogen) atoms. The highest BCUT2D eigenvalue weighted by atomic mass is 16.5. The molecule has 0 saturated heterocycles. The number of aliphatic hydroxyl groups excluding tert-OH is 1. The van der Waals surface area contributed by atoms with Crippen LogP contribution in [0, 0.1) is 0 Å². The average Bonchev–Trinajstić information content (AvgIpc) is 2.49. The van der Waals surface area contributed by atoms with Crippen LogP contribution in [-0.2, 0) is 4.74 Å². The van der Waals surface area contributed by atoms with Crippen molar-refractivity contribution in [2.75, 3.05) is 20.3 Å². The van der Waals surface area contributed by atoms with Gasteiger partial charge in [0.15, 0.2) is 0 Å². The van der Waals surface area contributed by atoms with E-state index in [1.54, 1.807) is 6.26 Å². The lowest BCUT2D eigenvalue weighted by atomic mass is 10.1. The summed E-state index contributed by atoms with van der Waals surface area (Å²) in [7, 11) is 1.85. The molecule has 0 aliphatic heterocycles. The first kappa shape index (κ1) is 16.2. The van der Waals surface area contributed by atoms with Gasteiger partial charge >= 0.3 is 0 Å². The molecule has 1 aromatic rings. The van der Waals surface area contributed by atoms with E-state index in [-0.39, 0.29) is 12.6 Å². The summed E-state index contributed by atoms with van der Waals surface area (Å²) in [4.78, 5) is 4.55. The highest BCUT2D eigenvalue weighted by Crippen LogP contribution is 2.16. The van der Waals surface area contributed by atoms with Crippen molar-refractivity contribution in [2.45, 2.75) is 26.3 Å². The van der Waals surface area contributed by atoms with E-state index >= 15 is 0 Å². The van der Waals surface area contributed by atoms with Crippen molar-refractivity contribution in [3.05, 3.63) is 47.9 Å². The topological polar surface area (TPSA) is 53.8 Å². The monoisotopic (exact) mass is 276 g/mol. The molecule has 0 bridgehead atoms.